The largest absolute Gasteiger partial charge is 0.350 e. The number of rotatable bonds is 2. The number of H-pyrrole nitrogens is 1. The molecule has 0 atom stereocenters. The van der Waals surface area contributed by atoms with Crippen molar-refractivity contribution in [3.05, 3.63) is 18.1 Å². The minimum atomic E-state index is -0.808. The molecular formula is C13H14N6O2. The topological polar surface area (TPSA) is 103 Å². The van der Waals surface area contributed by atoms with Crippen LogP contribution in [0.15, 0.2) is 12.5 Å². The van der Waals surface area contributed by atoms with Crippen molar-refractivity contribution in [1.29, 1.82) is 0 Å². The van der Waals surface area contributed by atoms with Crippen LogP contribution in [0.5, 0.6) is 0 Å². The van der Waals surface area contributed by atoms with Gasteiger partial charge in [-0.25, -0.2) is 14.8 Å². The van der Waals surface area contributed by atoms with Crippen LogP contribution in [-0.2, 0) is 11.2 Å². The van der Waals surface area contributed by atoms with Gasteiger partial charge in [0.25, 0.3) is 5.91 Å². The third-order valence-electron chi connectivity index (χ3n) is 4.15. The zero-order chi connectivity index (χ0) is 14.6. The third-order valence-corrected chi connectivity index (χ3v) is 4.15. The molecule has 3 amide bonds. The first-order valence-corrected chi connectivity index (χ1v) is 6.82. The highest BCUT2D eigenvalue weighted by Crippen LogP contribution is 2.34. The molecule has 108 valence electrons. The van der Waals surface area contributed by atoms with Crippen molar-refractivity contribution in [3.8, 4) is 0 Å². The highest BCUT2D eigenvalue weighted by atomic mass is 16.2. The number of nitrogens with one attached hydrogen (secondary N) is 3. The zero-order valence-electron chi connectivity index (χ0n) is 11.4. The number of imide groups is 1. The molecule has 0 saturated carbocycles. The Hall–Kier alpha value is -2.64. The van der Waals surface area contributed by atoms with Crippen molar-refractivity contribution in [2.24, 2.45) is 0 Å². The number of fused-ring (bicyclic) bond motifs is 1. The van der Waals surface area contributed by atoms with E-state index in [0.717, 1.165) is 28.8 Å². The number of carbonyl (C=O) groups excluding carboxylic acids is 2. The maximum atomic E-state index is 11.8. The molecule has 21 heavy (non-hydrogen) atoms. The standard InChI is InChI=1S/C13H14N6O2/c1-2-7-3-14-9-8(7)10(16-6-15-9)19-4-13(5-19)11(20)17-12(21)18-13/h3,6H,2,4-5H2,1H3,(H,14,15,16)(H2,17,18,20,21). The van der Waals surface area contributed by atoms with E-state index in [1.54, 1.807) is 0 Å². The fraction of sp³-hybridized carbons (Fsp3) is 0.385. The van der Waals surface area contributed by atoms with Gasteiger partial charge in [-0.1, -0.05) is 6.92 Å². The van der Waals surface area contributed by atoms with Crippen molar-refractivity contribution in [2.45, 2.75) is 18.9 Å². The van der Waals surface area contributed by atoms with Crippen LogP contribution in [0.25, 0.3) is 11.0 Å². The lowest BCUT2D eigenvalue weighted by Gasteiger charge is -2.46. The summed E-state index contributed by atoms with van der Waals surface area (Å²) in [6.45, 7) is 2.91. The summed E-state index contributed by atoms with van der Waals surface area (Å²) in [6, 6.07) is -0.427. The Morgan fingerprint density at radius 3 is 2.81 bits per heavy atom. The van der Waals surface area contributed by atoms with E-state index in [1.807, 2.05) is 11.1 Å². The summed E-state index contributed by atoms with van der Waals surface area (Å²) in [5.41, 5.74) is 1.12. The summed E-state index contributed by atoms with van der Waals surface area (Å²) in [6.07, 6.45) is 4.31. The monoisotopic (exact) mass is 286 g/mol. The average Bonchev–Trinajstić information content (AvgIpc) is 2.97. The van der Waals surface area contributed by atoms with Gasteiger partial charge in [0, 0.05) is 6.20 Å². The minimum Gasteiger partial charge on any atom is -0.350 e. The molecule has 2 aromatic heterocycles. The summed E-state index contributed by atoms with van der Waals surface area (Å²) in [7, 11) is 0. The van der Waals surface area contributed by atoms with Crippen molar-refractivity contribution in [3.63, 3.8) is 0 Å². The molecule has 0 radical (unpaired) electrons. The van der Waals surface area contributed by atoms with E-state index in [2.05, 4.69) is 32.5 Å². The van der Waals surface area contributed by atoms with Gasteiger partial charge in [-0.2, -0.15) is 0 Å². The Bertz CT molecular complexity index is 761. The zero-order valence-corrected chi connectivity index (χ0v) is 11.4. The molecule has 1 spiro atoms. The van der Waals surface area contributed by atoms with Crippen LogP contribution in [-0.4, -0.2) is 45.5 Å². The van der Waals surface area contributed by atoms with Crippen LogP contribution < -0.4 is 15.5 Å². The van der Waals surface area contributed by atoms with Crippen LogP contribution in [0.2, 0.25) is 0 Å². The Labute approximate surface area is 119 Å². The number of aromatic amines is 1. The van der Waals surface area contributed by atoms with Gasteiger partial charge in [0.2, 0.25) is 0 Å². The van der Waals surface area contributed by atoms with Crippen molar-refractivity contribution in [2.75, 3.05) is 18.0 Å². The Kier molecular flexibility index (Phi) is 2.27. The summed E-state index contributed by atoms with van der Waals surface area (Å²) < 4.78 is 0. The first kappa shape index (κ1) is 12.1. The number of hydrogen-bond donors (Lipinski definition) is 3. The predicted octanol–water partition coefficient (Wildman–Crippen LogP) is -0.0815. The number of amides is 3. The molecule has 2 aliphatic heterocycles. The number of carbonyl (C=O) groups is 2. The Balaban J connectivity index is 1.69. The maximum absolute atomic E-state index is 11.8. The SMILES string of the molecule is CCc1c[nH]c2ncnc(N3CC4(C3)NC(=O)NC4=O)c12. The molecule has 3 N–H and O–H groups in total. The van der Waals surface area contributed by atoms with Crippen LogP contribution in [0.4, 0.5) is 10.6 Å². The molecule has 2 fully saturated rings. The molecule has 4 rings (SSSR count). The molecule has 0 unspecified atom stereocenters. The number of hydrogen-bond acceptors (Lipinski definition) is 5. The number of aryl methyl sites for hydroxylation is 1. The lowest BCUT2D eigenvalue weighted by atomic mass is 9.89. The van der Waals surface area contributed by atoms with Crippen LogP contribution in [0, 0.1) is 0 Å². The van der Waals surface area contributed by atoms with E-state index in [9.17, 15) is 9.59 Å². The molecule has 0 aromatic carbocycles. The number of aromatic nitrogens is 3. The van der Waals surface area contributed by atoms with Crippen LogP contribution >= 0.6 is 0 Å². The number of anilines is 1. The summed E-state index contributed by atoms with van der Waals surface area (Å²) in [4.78, 5) is 36.8. The van der Waals surface area contributed by atoms with Crippen LogP contribution in [0.1, 0.15) is 12.5 Å². The molecule has 2 aromatic rings. The predicted molar refractivity (Wildman–Crippen MR) is 74.9 cm³/mol. The fourth-order valence-electron chi connectivity index (χ4n) is 3.03. The van der Waals surface area contributed by atoms with Gasteiger partial charge < -0.3 is 15.2 Å². The van der Waals surface area contributed by atoms with Gasteiger partial charge in [-0.3, -0.25) is 10.1 Å². The molecule has 0 aliphatic carbocycles. The van der Waals surface area contributed by atoms with E-state index >= 15 is 0 Å². The van der Waals surface area contributed by atoms with Gasteiger partial charge >= 0.3 is 6.03 Å². The highest BCUT2D eigenvalue weighted by molar-refractivity contribution is 6.09. The summed E-state index contributed by atoms with van der Waals surface area (Å²) in [5.74, 6) is 0.538. The second kappa shape index (κ2) is 3.94. The molecule has 2 saturated heterocycles. The van der Waals surface area contributed by atoms with E-state index < -0.39 is 11.6 Å². The Morgan fingerprint density at radius 1 is 1.33 bits per heavy atom. The summed E-state index contributed by atoms with van der Waals surface area (Å²) in [5, 5.41) is 5.96. The Morgan fingerprint density at radius 2 is 2.14 bits per heavy atom. The van der Waals surface area contributed by atoms with Gasteiger partial charge in [-0.05, 0) is 12.0 Å². The molecule has 8 heteroatoms. The smallest absolute Gasteiger partial charge is 0.322 e. The van der Waals surface area contributed by atoms with Gasteiger partial charge in [-0.15, -0.1) is 0 Å². The van der Waals surface area contributed by atoms with Crippen molar-refractivity contribution in [1.82, 2.24) is 25.6 Å². The van der Waals surface area contributed by atoms with E-state index in [0.29, 0.717) is 13.1 Å². The first-order chi connectivity index (χ1) is 10.1. The fourth-order valence-corrected chi connectivity index (χ4v) is 3.03. The molecule has 0 bridgehead atoms. The molecule has 8 nitrogen and oxygen atoms in total. The third kappa shape index (κ3) is 1.55. The van der Waals surface area contributed by atoms with E-state index in [-0.39, 0.29) is 5.91 Å². The second-order valence-corrected chi connectivity index (χ2v) is 5.43. The number of urea groups is 1. The van der Waals surface area contributed by atoms with Crippen molar-refractivity contribution < 1.29 is 9.59 Å². The van der Waals surface area contributed by atoms with E-state index in [4.69, 9.17) is 0 Å². The van der Waals surface area contributed by atoms with E-state index in [1.165, 1.54) is 6.33 Å². The van der Waals surface area contributed by atoms with Gasteiger partial charge in [0.1, 0.15) is 17.8 Å². The molecule has 4 heterocycles. The molecular weight excluding hydrogens is 272 g/mol. The van der Waals surface area contributed by atoms with Crippen LogP contribution in [0.3, 0.4) is 0 Å². The van der Waals surface area contributed by atoms with Gasteiger partial charge in [0.05, 0.1) is 18.5 Å². The molecule has 2 aliphatic rings. The number of nitrogens with zero attached hydrogens (tertiary/aromatic N) is 3. The first-order valence-electron chi connectivity index (χ1n) is 6.82. The minimum absolute atomic E-state index is 0.265. The summed E-state index contributed by atoms with van der Waals surface area (Å²) >= 11 is 0. The average molecular weight is 286 g/mol. The quantitative estimate of drug-likeness (QED) is 0.670. The highest BCUT2D eigenvalue weighted by Gasteiger charge is 2.55. The lowest BCUT2D eigenvalue weighted by molar-refractivity contribution is -0.124. The van der Waals surface area contributed by atoms with Crippen molar-refractivity contribution >= 4 is 28.8 Å². The maximum Gasteiger partial charge on any atom is 0.322 e. The normalized spacial score (nSPS) is 19.8. The van der Waals surface area contributed by atoms with Gasteiger partial charge in [0.15, 0.2) is 5.54 Å². The second-order valence-electron chi connectivity index (χ2n) is 5.43. The lowest BCUT2D eigenvalue weighted by Crippen LogP contribution is -2.71.